The summed E-state index contributed by atoms with van der Waals surface area (Å²) in [4.78, 5) is 17.4. The molecule has 1 fully saturated rings. The standard InChI is InChI=1S/C27H29N3O2/c31-27(28-23-10-12-24(13-11-23)30-14-16-32-17-15-30)20-29-18-22-8-4-5-9-25(22)26(19-29)21-6-2-1-3-7-21/h1-13,26H,14-20H2,(H,28,31)/t26-/m1/s1. The Hall–Kier alpha value is -3.15. The number of anilines is 2. The van der Waals surface area contributed by atoms with Gasteiger partial charge in [0, 0.05) is 43.5 Å². The molecule has 3 aromatic rings. The van der Waals surface area contributed by atoms with E-state index in [9.17, 15) is 4.79 Å². The van der Waals surface area contributed by atoms with E-state index in [0.717, 1.165) is 45.1 Å². The van der Waals surface area contributed by atoms with E-state index in [4.69, 9.17) is 4.74 Å². The molecule has 32 heavy (non-hydrogen) atoms. The molecule has 0 aliphatic carbocycles. The third-order valence-electron chi connectivity index (χ3n) is 6.36. The number of ether oxygens (including phenoxy) is 1. The second-order valence-electron chi connectivity index (χ2n) is 8.53. The first-order chi connectivity index (χ1) is 15.8. The van der Waals surface area contributed by atoms with Gasteiger partial charge in [0.25, 0.3) is 0 Å². The van der Waals surface area contributed by atoms with Gasteiger partial charge in [-0.25, -0.2) is 0 Å². The zero-order valence-electron chi connectivity index (χ0n) is 18.2. The van der Waals surface area contributed by atoms with Gasteiger partial charge in [0.15, 0.2) is 0 Å². The molecule has 5 nitrogen and oxygen atoms in total. The van der Waals surface area contributed by atoms with Crippen LogP contribution in [0.15, 0.2) is 78.9 Å². The summed E-state index contributed by atoms with van der Waals surface area (Å²) >= 11 is 0. The van der Waals surface area contributed by atoms with Crippen molar-refractivity contribution in [3.05, 3.63) is 95.6 Å². The Kier molecular flexibility index (Phi) is 6.19. The number of hydrogen-bond donors (Lipinski definition) is 1. The summed E-state index contributed by atoms with van der Waals surface area (Å²) in [6, 6.07) is 27.3. The number of amides is 1. The third kappa shape index (κ3) is 4.69. The summed E-state index contributed by atoms with van der Waals surface area (Å²) in [6.45, 7) is 5.36. The fourth-order valence-electron chi connectivity index (χ4n) is 4.75. The number of nitrogens with zero attached hydrogens (tertiary/aromatic N) is 2. The highest BCUT2D eigenvalue weighted by molar-refractivity contribution is 5.92. The van der Waals surface area contributed by atoms with Crippen molar-refractivity contribution in [2.75, 3.05) is 49.6 Å². The Bertz CT molecular complexity index is 1050. The molecule has 2 heterocycles. The van der Waals surface area contributed by atoms with E-state index >= 15 is 0 Å². The van der Waals surface area contributed by atoms with Gasteiger partial charge < -0.3 is 15.0 Å². The van der Waals surface area contributed by atoms with E-state index in [2.05, 4.69) is 75.8 Å². The average Bonchev–Trinajstić information content (AvgIpc) is 2.85. The monoisotopic (exact) mass is 427 g/mol. The Morgan fingerprint density at radius 2 is 1.62 bits per heavy atom. The zero-order valence-corrected chi connectivity index (χ0v) is 18.2. The van der Waals surface area contributed by atoms with Gasteiger partial charge in [-0.05, 0) is 41.0 Å². The molecular formula is C27H29N3O2. The summed E-state index contributed by atoms with van der Waals surface area (Å²) in [5.41, 5.74) is 5.97. The molecular weight excluding hydrogens is 398 g/mol. The van der Waals surface area contributed by atoms with Gasteiger partial charge in [0.2, 0.25) is 5.91 Å². The van der Waals surface area contributed by atoms with Gasteiger partial charge in [-0.1, -0.05) is 54.6 Å². The number of benzene rings is 3. The van der Waals surface area contributed by atoms with Crippen molar-refractivity contribution in [1.82, 2.24) is 4.90 Å². The number of carbonyl (C=O) groups is 1. The molecule has 164 valence electrons. The van der Waals surface area contributed by atoms with E-state index < -0.39 is 0 Å². The van der Waals surface area contributed by atoms with Crippen LogP contribution in [0, 0.1) is 0 Å². The maximum Gasteiger partial charge on any atom is 0.238 e. The van der Waals surface area contributed by atoms with Gasteiger partial charge in [-0.2, -0.15) is 0 Å². The fourth-order valence-corrected chi connectivity index (χ4v) is 4.75. The number of hydrogen-bond acceptors (Lipinski definition) is 4. The van der Waals surface area contributed by atoms with Crippen LogP contribution in [0.4, 0.5) is 11.4 Å². The van der Waals surface area contributed by atoms with Gasteiger partial charge in [0.1, 0.15) is 0 Å². The number of carbonyl (C=O) groups excluding carboxylic acids is 1. The molecule has 2 aliphatic heterocycles. The molecule has 0 saturated carbocycles. The minimum Gasteiger partial charge on any atom is -0.378 e. The van der Waals surface area contributed by atoms with Crippen molar-refractivity contribution < 1.29 is 9.53 Å². The lowest BCUT2D eigenvalue weighted by Crippen LogP contribution is -2.39. The first kappa shape index (κ1) is 20.7. The third-order valence-corrected chi connectivity index (χ3v) is 6.36. The lowest BCUT2D eigenvalue weighted by atomic mass is 9.84. The molecule has 0 radical (unpaired) electrons. The van der Waals surface area contributed by atoms with Crippen molar-refractivity contribution in [3.63, 3.8) is 0 Å². The number of nitrogens with one attached hydrogen (secondary N) is 1. The van der Waals surface area contributed by atoms with Crippen molar-refractivity contribution in [2.45, 2.75) is 12.5 Å². The van der Waals surface area contributed by atoms with Crippen molar-refractivity contribution in [2.24, 2.45) is 0 Å². The first-order valence-corrected chi connectivity index (χ1v) is 11.3. The minimum absolute atomic E-state index is 0.0234. The lowest BCUT2D eigenvalue weighted by molar-refractivity contribution is -0.117. The second kappa shape index (κ2) is 9.55. The van der Waals surface area contributed by atoms with E-state index in [1.807, 2.05) is 18.2 Å². The van der Waals surface area contributed by atoms with Crippen LogP contribution >= 0.6 is 0 Å². The van der Waals surface area contributed by atoms with Crippen LogP contribution in [0.1, 0.15) is 22.6 Å². The lowest BCUT2D eigenvalue weighted by Gasteiger charge is -2.34. The second-order valence-corrected chi connectivity index (χ2v) is 8.53. The maximum absolute atomic E-state index is 12.8. The molecule has 2 aliphatic rings. The molecule has 1 saturated heterocycles. The van der Waals surface area contributed by atoms with Crippen LogP contribution in [-0.4, -0.2) is 50.2 Å². The van der Waals surface area contributed by atoms with E-state index in [1.165, 1.54) is 22.4 Å². The maximum atomic E-state index is 12.8. The van der Waals surface area contributed by atoms with Gasteiger partial charge in [-0.3, -0.25) is 9.69 Å². The Morgan fingerprint density at radius 1 is 0.906 bits per heavy atom. The van der Waals surface area contributed by atoms with Crippen LogP contribution in [0.2, 0.25) is 0 Å². The molecule has 1 atom stereocenters. The molecule has 1 amide bonds. The highest BCUT2D eigenvalue weighted by atomic mass is 16.5. The van der Waals surface area contributed by atoms with Crippen LogP contribution in [0.5, 0.6) is 0 Å². The molecule has 5 heteroatoms. The molecule has 1 N–H and O–H groups in total. The predicted octanol–water partition coefficient (Wildman–Crippen LogP) is 4.11. The van der Waals surface area contributed by atoms with Crippen LogP contribution < -0.4 is 10.2 Å². The smallest absolute Gasteiger partial charge is 0.238 e. The van der Waals surface area contributed by atoms with Crippen molar-refractivity contribution in [3.8, 4) is 0 Å². The van der Waals surface area contributed by atoms with E-state index in [1.54, 1.807) is 0 Å². The van der Waals surface area contributed by atoms with E-state index in [0.29, 0.717) is 6.54 Å². The van der Waals surface area contributed by atoms with Crippen LogP contribution in [-0.2, 0) is 16.1 Å². The van der Waals surface area contributed by atoms with E-state index in [-0.39, 0.29) is 11.8 Å². The number of fused-ring (bicyclic) bond motifs is 1. The molecule has 0 bridgehead atoms. The summed E-state index contributed by atoms with van der Waals surface area (Å²) in [7, 11) is 0. The largest absolute Gasteiger partial charge is 0.378 e. The summed E-state index contributed by atoms with van der Waals surface area (Å²) in [5.74, 6) is 0.303. The Morgan fingerprint density at radius 3 is 2.41 bits per heavy atom. The first-order valence-electron chi connectivity index (χ1n) is 11.3. The van der Waals surface area contributed by atoms with Crippen LogP contribution in [0.25, 0.3) is 0 Å². The fraction of sp³-hybridized carbons (Fsp3) is 0.296. The topological polar surface area (TPSA) is 44.8 Å². The number of morpholine rings is 1. The Balaban J connectivity index is 1.24. The predicted molar refractivity (Wildman–Crippen MR) is 128 cm³/mol. The highest BCUT2D eigenvalue weighted by Crippen LogP contribution is 2.33. The quantitative estimate of drug-likeness (QED) is 0.666. The highest BCUT2D eigenvalue weighted by Gasteiger charge is 2.27. The summed E-state index contributed by atoms with van der Waals surface area (Å²) in [6.07, 6.45) is 0. The normalized spacial score (nSPS) is 18.8. The Labute approximate surface area is 189 Å². The summed E-state index contributed by atoms with van der Waals surface area (Å²) < 4.78 is 5.42. The van der Waals surface area contributed by atoms with Crippen molar-refractivity contribution in [1.29, 1.82) is 0 Å². The van der Waals surface area contributed by atoms with Crippen LogP contribution in [0.3, 0.4) is 0 Å². The van der Waals surface area contributed by atoms with Crippen molar-refractivity contribution >= 4 is 17.3 Å². The SMILES string of the molecule is O=C(CN1Cc2ccccc2[C@@H](c2ccccc2)C1)Nc1ccc(N2CCOCC2)cc1. The molecule has 3 aromatic carbocycles. The molecule has 0 unspecified atom stereocenters. The summed E-state index contributed by atoms with van der Waals surface area (Å²) in [5, 5.41) is 3.07. The van der Waals surface area contributed by atoms with Gasteiger partial charge in [0.05, 0.1) is 19.8 Å². The van der Waals surface area contributed by atoms with Gasteiger partial charge in [-0.15, -0.1) is 0 Å². The minimum atomic E-state index is 0.0234. The molecule has 5 rings (SSSR count). The number of rotatable bonds is 5. The zero-order chi connectivity index (χ0) is 21.8. The van der Waals surface area contributed by atoms with Gasteiger partial charge >= 0.3 is 0 Å². The molecule has 0 aromatic heterocycles. The average molecular weight is 428 g/mol. The molecule has 0 spiro atoms.